The van der Waals surface area contributed by atoms with Crippen LogP contribution in [0.15, 0.2) is 30.5 Å². The standard InChI is InChI=1S/C31H30F4N6O2/c32-17-10-31(6-1-7-41(31)12-17)15-43-30-38-28-22(29(39-30)40-13-18-3-4-19(14-40)37-18)11-36-27(26(28)35)21-9-20(42)8-16-2-5-23(33)25(34)24(16)21/h2,5,8-9,11,17-19,37,42H,1,3-4,6-7,10,12-15H2/t17-,18-,19+,31+/m1/s1/i7D2,15D2. The predicted octanol–water partition coefficient (Wildman–Crippen LogP) is 4.86. The summed E-state index contributed by atoms with van der Waals surface area (Å²) in [6.07, 6.45) is 1.29. The van der Waals surface area contributed by atoms with E-state index >= 15 is 8.78 Å². The Morgan fingerprint density at radius 2 is 1.93 bits per heavy atom. The number of aromatic nitrogens is 3. The van der Waals surface area contributed by atoms with E-state index in [2.05, 4.69) is 20.3 Å². The van der Waals surface area contributed by atoms with Crippen molar-refractivity contribution < 1.29 is 32.9 Å². The second-order valence-corrected chi connectivity index (χ2v) is 11.8. The molecule has 0 unspecified atom stereocenters. The average molecular weight is 599 g/mol. The van der Waals surface area contributed by atoms with Crippen LogP contribution in [0.2, 0.25) is 0 Å². The minimum Gasteiger partial charge on any atom is -0.508 e. The maximum absolute atomic E-state index is 16.7. The lowest BCUT2D eigenvalue weighted by Crippen LogP contribution is -2.51. The maximum Gasteiger partial charge on any atom is 0.319 e. The van der Waals surface area contributed by atoms with Gasteiger partial charge in [-0.05, 0) is 55.8 Å². The van der Waals surface area contributed by atoms with E-state index in [1.54, 1.807) is 0 Å². The van der Waals surface area contributed by atoms with Gasteiger partial charge in [0.2, 0.25) is 0 Å². The van der Waals surface area contributed by atoms with Crippen molar-refractivity contribution in [1.29, 1.82) is 0 Å². The molecule has 4 aliphatic rings. The average Bonchev–Trinajstić information content (AvgIpc) is 3.64. The second-order valence-electron chi connectivity index (χ2n) is 11.8. The molecular weight excluding hydrogens is 564 g/mol. The molecule has 43 heavy (non-hydrogen) atoms. The highest BCUT2D eigenvalue weighted by Gasteiger charge is 2.49. The van der Waals surface area contributed by atoms with Gasteiger partial charge in [-0.3, -0.25) is 9.88 Å². The van der Waals surface area contributed by atoms with Crippen LogP contribution in [0.3, 0.4) is 0 Å². The lowest BCUT2D eigenvalue weighted by Gasteiger charge is -2.34. The number of nitrogens with one attached hydrogen (secondary N) is 1. The van der Waals surface area contributed by atoms with E-state index in [1.807, 2.05) is 4.90 Å². The third-order valence-corrected chi connectivity index (χ3v) is 9.04. The number of phenols is 1. The van der Waals surface area contributed by atoms with E-state index < -0.39 is 53.9 Å². The van der Waals surface area contributed by atoms with Crippen molar-refractivity contribution in [3.05, 3.63) is 47.9 Å². The van der Waals surface area contributed by atoms with Crippen LogP contribution in [0.4, 0.5) is 23.4 Å². The molecule has 4 aliphatic heterocycles. The summed E-state index contributed by atoms with van der Waals surface area (Å²) in [6, 6.07) is 4.15. The molecule has 4 atom stereocenters. The number of benzene rings is 2. The number of pyridine rings is 1. The van der Waals surface area contributed by atoms with Gasteiger partial charge in [-0.1, -0.05) is 6.07 Å². The fourth-order valence-corrected chi connectivity index (χ4v) is 7.09. The summed E-state index contributed by atoms with van der Waals surface area (Å²) in [5, 5.41) is 13.9. The summed E-state index contributed by atoms with van der Waals surface area (Å²) in [6.45, 7) is -3.96. The zero-order valence-electron chi connectivity index (χ0n) is 26.9. The minimum absolute atomic E-state index is 0.0237. The van der Waals surface area contributed by atoms with Crippen LogP contribution in [-0.2, 0) is 0 Å². The van der Waals surface area contributed by atoms with Crippen molar-refractivity contribution in [1.82, 2.24) is 25.2 Å². The monoisotopic (exact) mass is 598 g/mol. The molecule has 4 saturated heterocycles. The van der Waals surface area contributed by atoms with Crippen LogP contribution < -0.4 is 15.0 Å². The first-order valence-corrected chi connectivity index (χ1v) is 14.4. The van der Waals surface area contributed by atoms with Gasteiger partial charge in [-0.25, -0.2) is 17.6 Å². The summed E-state index contributed by atoms with van der Waals surface area (Å²) in [4.78, 5) is 16.2. The molecule has 4 fully saturated rings. The van der Waals surface area contributed by atoms with E-state index in [9.17, 15) is 13.9 Å². The van der Waals surface area contributed by atoms with Gasteiger partial charge in [0.15, 0.2) is 17.5 Å². The van der Waals surface area contributed by atoms with Gasteiger partial charge in [0.1, 0.15) is 35.5 Å². The smallest absolute Gasteiger partial charge is 0.319 e. The molecule has 12 heteroatoms. The third-order valence-electron chi connectivity index (χ3n) is 9.04. The van der Waals surface area contributed by atoms with Crippen molar-refractivity contribution >= 4 is 27.5 Å². The highest BCUT2D eigenvalue weighted by atomic mass is 19.2. The quantitative estimate of drug-likeness (QED) is 0.315. The molecule has 224 valence electrons. The third kappa shape index (κ3) is 4.36. The van der Waals surface area contributed by atoms with Crippen molar-refractivity contribution in [3.8, 4) is 23.0 Å². The van der Waals surface area contributed by atoms with Crippen LogP contribution in [0.25, 0.3) is 32.9 Å². The number of phenolic OH excluding ortho intramolecular Hbond substituents is 1. The zero-order valence-corrected chi connectivity index (χ0v) is 22.9. The van der Waals surface area contributed by atoms with Gasteiger partial charge in [0, 0.05) is 58.0 Å². The Kier molecular flexibility index (Phi) is 5.22. The van der Waals surface area contributed by atoms with Crippen molar-refractivity contribution in [2.24, 2.45) is 0 Å². The molecular formula is C31H30F4N6O2. The van der Waals surface area contributed by atoms with Gasteiger partial charge in [-0.2, -0.15) is 9.97 Å². The van der Waals surface area contributed by atoms with Gasteiger partial charge in [0.25, 0.3) is 0 Å². The summed E-state index contributed by atoms with van der Waals surface area (Å²) >= 11 is 0. The van der Waals surface area contributed by atoms with E-state index in [1.165, 1.54) is 23.2 Å². The maximum atomic E-state index is 16.7. The van der Waals surface area contributed by atoms with Crippen LogP contribution in [0.5, 0.6) is 11.8 Å². The Morgan fingerprint density at radius 1 is 1.12 bits per heavy atom. The van der Waals surface area contributed by atoms with E-state index in [4.69, 9.17) is 10.2 Å². The predicted molar refractivity (Wildman–Crippen MR) is 153 cm³/mol. The highest BCUT2D eigenvalue weighted by molar-refractivity contribution is 6.00. The molecule has 0 amide bonds. The number of rotatable bonds is 5. The van der Waals surface area contributed by atoms with Gasteiger partial charge < -0.3 is 20.1 Å². The molecule has 0 aliphatic carbocycles. The Hall–Kier alpha value is -3.77. The number of halogens is 4. The molecule has 6 heterocycles. The van der Waals surface area contributed by atoms with Gasteiger partial charge in [0.05, 0.1) is 13.7 Å². The molecule has 2 bridgehead atoms. The summed E-state index contributed by atoms with van der Waals surface area (Å²) in [7, 11) is 0. The molecule has 0 spiro atoms. The molecule has 0 radical (unpaired) electrons. The second kappa shape index (κ2) is 9.88. The van der Waals surface area contributed by atoms with Crippen LogP contribution in [0.1, 0.15) is 37.6 Å². The number of hydrogen-bond acceptors (Lipinski definition) is 8. The Bertz CT molecular complexity index is 1940. The number of piperazine rings is 1. The Labute approximate surface area is 250 Å². The SMILES string of the molecule is [2H]C1([2H])CC[C@@]2(C([2H])([2H])Oc3nc(N4C[C@H]5CC[C@@H](C4)N5)c4cnc(-c5cc(O)cc6ccc(F)c(F)c56)c(F)c4n3)C[C@@H](F)CN12. The summed E-state index contributed by atoms with van der Waals surface area (Å²) < 4.78 is 101. The highest BCUT2D eigenvalue weighted by Crippen LogP contribution is 2.42. The van der Waals surface area contributed by atoms with Crippen molar-refractivity contribution in [2.75, 3.05) is 37.6 Å². The van der Waals surface area contributed by atoms with Gasteiger partial charge >= 0.3 is 6.01 Å². The van der Waals surface area contributed by atoms with E-state index in [0.29, 0.717) is 13.1 Å². The van der Waals surface area contributed by atoms with Crippen molar-refractivity contribution in [3.63, 3.8) is 0 Å². The van der Waals surface area contributed by atoms with Gasteiger partial charge in [-0.15, -0.1) is 0 Å². The first-order chi connectivity index (χ1) is 22.3. The lowest BCUT2D eigenvalue weighted by atomic mass is 9.95. The number of ether oxygens (including phenoxy) is 1. The first kappa shape index (κ1) is 22.7. The molecule has 8 rings (SSSR count). The molecule has 2 aromatic heterocycles. The minimum atomic E-state index is -2.69. The molecule has 2 aromatic carbocycles. The lowest BCUT2D eigenvalue weighted by molar-refractivity contribution is 0.107. The fourth-order valence-electron chi connectivity index (χ4n) is 7.09. The van der Waals surface area contributed by atoms with Crippen LogP contribution in [-0.4, -0.2) is 81.4 Å². The Morgan fingerprint density at radius 3 is 2.74 bits per heavy atom. The molecule has 0 saturated carbocycles. The molecule has 8 nitrogen and oxygen atoms in total. The Balaban J connectivity index is 1.30. The van der Waals surface area contributed by atoms with Crippen molar-refractivity contribution in [2.45, 2.75) is 55.9 Å². The number of alkyl halides is 1. The largest absolute Gasteiger partial charge is 0.508 e. The first-order valence-electron chi connectivity index (χ1n) is 16.4. The molecule has 2 N–H and O–H groups in total. The fraction of sp³-hybridized carbons (Fsp3) is 0.452. The topological polar surface area (TPSA) is 86.6 Å². The van der Waals surface area contributed by atoms with Crippen LogP contribution >= 0.6 is 0 Å². The summed E-state index contributed by atoms with van der Waals surface area (Å²) in [5.74, 6) is -3.60. The summed E-state index contributed by atoms with van der Waals surface area (Å²) in [5.41, 5.74) is -2.66. The number of nitrogens with zero attached hydrogens (tertiary/aromatic N) is 5. The number of hydrogen-bond donors (Lipinski definition) is 2. The zero-order chi connectivity index (χ0) is 33.0. The number of anilines is 1. The normalized spacial score (nSPS) is 29.9. The van der Waals surface area contributed by atoms with Crippen LogP contribution in [0, 0.1) is 17.5 Å². The van der Waals surface area contributed by atoms with E-state index in [-0.39, 0.29) is 76.7 Å². The number of aromatic hydroxyl groups is 1. The molecule has 4 aromatic rings. The van der Waals surface area contributed by atoms with E-state index in [0.717, 1.165) is 25.0 Å². The number of fused-ring (bicyclic) bond motifs is 5.